The van der Waals surface area contributed by atoms with Gasteiger partial charge < -0.3 is 9.64 Å². The van der Waals surface area contributed by atoms with Crippen molar-refractivity contribution >= 4 is 5.91 Å². The summed E-state index contributed by atoms with van der Waals surface area (Å²) >= 11 is 0. The highest BCUT2D eigenvalue weighted by Crippen LogP contribution is 2.23. The smallest absolute Gasteiger partial charge is 0.406 e. The van der Waals surface area contributed by atoms with E-state index in [9.17, 15) is 18.0 Å². The van der Waals surface area contributed by atoms with Gasteiger partial charge in [-0.25, -0.2) is 0 Å². The van der Waals surface area contributed by atoms with E-state index in [4.69, 9.17) is 0 Å². The van der Waals surface area contributed by atoms with E-state index in [-0.39, 0.29) is 23.7 Å². The predicted octanol–water partition coefficient (Wildman–Crippen LogP) is 5.90. The Bertz CT molecular complexity index is 446. The second kappa shape index (κ2) is 11.8. The third kappa shape index (κ3) is 8.79. The Balaban J connectivity index is 0. The SMILES string of the molecule is CC.CC.CC(C)N(C(=O)c1ccc(OC(F)(F)F)cc1)C(C)C. The summed E-state index contributed by atoms with van der Waals surface area (Å²) in [5, 5.41) is 0. The Kier molecular flexibility index (Phi) is 12.0. The minimum absolute atomic E-state index is 0.00796. The fourth-order valence-corrected chi connectivity index (χ4v) is 2.01. The molecule has 0 N–H and O–H groups in total. The Morgan fingerprint density at radius 1 is 0.917 bits per heavy atom. The predicted molar refractivity (Wildman–Crippen MR) is 92.3 cm³/mol. The molecule has 0 radical (unpaired) electrons. The third-order valence-electron chi connectivity index (χ3n) is 2.68. The molecule has 0 saturated carbocycles. The molecule has 0 aromatic heterocycles. The van der Waals surface area contributed by atoms with E-state index in [0.717, 1.165) is 12.1 Å². The number of rotatable bonds is 4. The summed E-state index contributed by atoms with van der Waals surface area (Å²) in [6.45, 7) is 15.6. The van der Waals surface area contributed by atoms with Crippen LogP contribution in [-0.4, -0.2) is 29.3 Å². The van der Waals surface area contributed by atoms with Crippen molar-refractivity contribution in [1.29, 1.82) is 0 Å². The summed E-state index contributed by atoms with van der Waals surface area (Å²) in [5.74, 6) is -0.553. The van der Waals surface area contributed by atoms with Gasteiger partial charge in [0, 0.05) is 17.6 Å². The molecule has 1 aromatic rings. The maximum atomic E-state index is 12.3. The van der Waals surface area contributed by atoms with Crippen molar-refractivity contribution in [3.63, 3.8) is 0 Å². The number of nitrogens with zero attached hydrogens (tertiary/aromatic N) is 1. The third-order valence-corrected chi connectivity index (χ3v) is 2.68. The van der Waals surface area contributed by atoms with Crippen LogP contribution in [-0.2, 0) is 0 Å². The number of hydrogen-bond acceptors (Lipinski definition) is 2. The van der Waals surface area contributed by atoms with Gasteiger partial charge in [0.1, 0.15) is 5.75 Å². The number of amides is 1. The van der Waals surface area contributed by atoms with Crippen LogP contribution in [0.2, 0.25) is 0 Å². The molecule has 0 aliphatic carbocycles. The summed E-state index contributed by atoms with van der Waals surface area (Å²) in [6.07, 6.45) is -4.73. The van der Waals surface area contributed by atoms with E-state index >= 15 is 0 Å². The fourth-order valence-electron chi connectivity index (χ4n) is 2.01. The van der Waals surface area contributed by atoms with Gasteiger partial charge in [0.2, 0.25) is 0 Å². The molecule has 0 atom stereocenters. The van der Waals surface area contributed by atoms with E-state index in [1.54, 1.807) is 4.90 Å². The molecule has 0 fully saturated rings. The van der Waals surface area contributed by atoms with E-state index in [2.05, 4.69) is 4.74 Å². The van der Waals surface area contributed by atoms with Crippen LogP contribution in [0.1, 0.15) is 65.7 Å². The minimum atomic E-state index is -4.73. The fraction of sp³-hybridized carbons (Fsp3) is 0.611. The number of ether oxygens (including phenoxy) is 1. The Hall–Kier alpha value is -1.72. The van der Waals surface area contributed by atoms with Gasteiger partial charge in [-0.2, -0.15) is 0 Å². The summed E-state index contributed by atoms with van der Waals surface area (Å²) in [6, 6.07) is 4.96. The lowest BCUT2D eigenvalue weighted by molar-refractivity contribution is -0.274. The topological polar surface area (TPSA) is 29.5 Å². The van der Waals surface area contributed by atoms with Crippen LogP contribution in [0.15, 0.2) is 24.3 Å². The average molecular weight is 349 g/mol. The number of carbonyl (C=O) groups excluding carboxylic acids is 1. The van der Waals surface area contributed by atoms with E-state index in [1.807, 2.05) is 55.4 Å². The highest BCUT2D eigenvalue weighted by molar-refractivity contribution is 5.94. The molecule has 24 heavy (non-hydrogen) atoms. The van der Waals surface area contributed by atoms with Crippen molar-refractivity contribution < 1.29 is 22.7 Å². The zero-order valence-corrected chi connectivity index (χ0v) is 15.9. The number of halogens is 3. The lowest BCUT2D eigenvalue weighted by atomic mass is 10.1. The maximum Gasteiger partial charge on any atom is 0.573 e. The van der Waals surface area contributed by atoms with Gasteiger partial charge in [-0.1, -0.05) is 27.7 Å². The average Bonchev–Trinajstić information content (AvgIpc) is 2.49. The van der Waals surface area contributed by atoms with Crippen molar-refractivity contribution in [2.75, 3.05) is 0 Å². The highest BCUT2D eigenvalue weighted by Gasteiger charge is 2.31. The monoisotopic (exact) mass is 349 g/mol. The maximum absolute atomic E-state index is 12.3. The molecule has 6 heteroatoms. The first kappa shape index (κ1) is 24.5. The zero-order valence-electron chi connectivity index (χ0n) is 15.9. The molecule has 0 saturated heterocycles. The molecule has 0 unspecified atom stereocenters. The molecular formula is C18H30F3NO2. The van der Waals surface area contributed by atoms with Crippen LogP contribution in [0.25, 0.3) is 0 Å². The van der Waals surface area contributed by atoms with Gasteiger partial charge in [-0.15, -0.1) is 13.2 Å². The largest absolute Gasteiger partial charge is 0.573 e. The Morgan fingerprint density at radius 3 is 1.58 bits per heavy atom. The molecule has 1 amide bonds. The van der Waals surface area contributed by atoms with Crippen molar-refractivity contribution in [1.82, 2.24) is 4.90 Å². The first-order chi connectivity index (χ1) is 11.1. The quantitative estimate of drug-likeness (QED) is 0.677. The normalized spacial score (nSPS) is 10.4. The summed E-state index contributed by atoms with van der Waals surface area (Å²) < 4.78 is 39.9. The van der Waals surface area contributed by atoms with Gasteiger partial charge in [-0.05, 0) is 52.0 Å². The standard InChI is InChI=1S/C14H18F3NO2.2C2H6/c1-9(2)18(10(3)4)13(19)11-5-7-12(8-6-11)20-14(15,16)17;2*1-2/h5-10H,1-4H3;2*1-2H3. The summed E-state index contributed by atoms with van der Waals surface area (Å²) in [5.41, 5.74) is 0.335. The van der Waals surface area contributed by atoms with Crippen molar-refractivity contribution in [2.24, 2.45) is 0 Å². The molecule has 1 rings (SSSR count). The second-order valence-corrected chi connectivity index (χ2v) is 4.97. The number of carbonyl (C=O) groups is 1. The van der Waals surface area contributed by atoms with Crippen LogP contribution in [0, 0.1) is 0 Å². The first-order valence-electron chi connectivity index (χ1n) is 8.30. The lowest BCUT2D eigenvalue weighted by Crippen LogP contribution is -2.42. The molecule has 0 aliphatic rings. The van der Waals surface area contributed by atoms with Gasteiger partial charge in [0.25, 0.3) is 5.91 Å². The van der Waals surface area contributed by atoms with Crippen LogP contribution < -0.4 is 4.74 Å². The van der Waals surface area contributed by atoms with Gasteiger partial charge in [-0.3, -0.25) is 4.79 Å². The van der Waals surface area contributed by atoms with Crippen molar-refractivity contribution in [2.45, 2.75) is 73.8 Å². The number of benzene rings is 1. The molecule has 0 heterocycles. The summed E-state index contributed by atoms with van der Waals surface area (Å²) in [4.78, 5) is 14.0. The van der Waals surface area contributed by atoms with Crippen LogP contribution in [0.5, 0.6) is 5.75 Å². The number of hydrogen-bond donors (Lipinski definition) is 0. The minimum Gasteiger partial charge on any atom is -0.406 e. The first-order valence-corrected chi connectivity index (χ1v) is 8.30. The molecule has 0 bridgehead atoms. The molecule has 1 aromatic carbocycles. The van der Waals surface area contributed by atoms with Crippen molar-refractivity contribution in [3.05, 3.63) is 29.8 Å². The van der Waals surface area contributed by atoms with E-state index in [1.165, 1.54) is 12.1 Å². The second-order valence-electron chi connectivity index (χ2n) is 4.97. The van der Waals surface area contributed by atoms with Gasteiger partial charge in [0.05, 0.1) is 0 Å². The van der Waals surface area contributed by atoms with E-state index in [0.29, 0.717) is 5.56 Å². The van der Waals surface area contributed by atoms with Gasteiger partial charge in [0.15, 0.2) is 0 Å². The van der Waals surface area contributed by atoms with Gasteiger partial charge >= 0.3 is 6.36 Å². The van der Waals surface area contributed by atoms with Crippen LogP contribution >= 0.6 is 0 Å². The Labute approximate surface area is 143 Å². The van der Waals surface area contributed by atoms with Crippen LogP contribution in [0.3, 0.4) is 0 Å². The van der Waals surface area contributed by atoms with Crippen LogP contribution in [0.4, 0.5) is 13.2 Å². The molecule has 0 aliphatic heterocycles. The Morgan fingerprint density at radius 2 is 1.29 bits per heavy atom. The number of alkyl halides is 3. The molecule has 0 spiro atoms. The van der Waals surface area contributed by atoms with Crippen molar-refractivity contribution in [3.8, 4) is 5.75 Å². The molecule has 3 nitrogen and oxygen atoms in total. The lowest BCUT2D eigenvalue weighted by Gasteiger charge is -2.30. The molecule has 140 valence electrons. The van der Waals surface area contributed by atoms with E-state index < -0.39 is 6.36 Å². The summed E-state index contributed by atoms with van der Waals surface area (Å²) in [7, 11) is 0. The highest BCUT2D eigenvalue weighted by atomic mass is 19.4. The molecular weight excluding hydrogens is 319 g/mol. The zero-order chi connectivity index (χ0) is 19.5.